The van der Waals surface area contributed by atoms with Gasteiger partial charge in [-0.05, 0) is 45.1 Å². The van der Waals surface area contributed by atoms with Gasteiger partial charge in [0.15, 0.2) is 0 Å². The normalized spacial score (nSPS) is 25.7. The highest BCUT2D eigenvalue weighted by Gasteiger charge is 2.37. The van der Waals surface area contributed by atoms with Crippen molar-refractivity contribution in [1.29, 1.82) is 0 Å². The first-order chi connectivity index (χ1) is 11.7. The molecule has 0 unspecified atom stereocenters. The van der Waals surface area contributed by atoms with Crippen molar-refractivity contribution in [3.05, 3.63) is 18.0 Å². The van der Waals surface area contributed by atoms with Crippen LogP contribution in [-0.2, 0) is 11.3 Å². The van der Waals surface area contributed by atoms with Gasteiger partial charge in [-0.2, -0.15) is 5.10 Å². The molecule has 2 fully saturated rings. The standard InChI is InChI=1S/C18H28N4O2/c1-2-21-13-10-15(20-21)18(24)22-12-7-3-6-11-19-17(23)14-8-4-5-9-16(14)22/h10,13-14,16H,2-9,11-12H2,1H3,(H,19,23)/t14-,16+/m1/s1. The molecule has 6 nitrogen and oxygen atoms in total. The molecule has 132 valence electrons. The molecule has 1 aromatic rings. The van der Waals surface area contributed by atoms with Crippen LogP contribution in [0, 0.1) is 5.92 Å². The van der Waals surface area contributed by atoms with Crippen LogP contribution in [0.5, 0.6) is 0 Å². The van der Waals surface area contributed by atoms with Gasteiger partial charge in [0, 0.05) is 31.9 Å². The van der Waals surface area contributed by atoms with E-state index < -0.39 is 0 Å². The lowest BCUT2D eigenvalue weighted by Crippen LogP contribution is -2.51. The number of amides is 2. The summed E-state index contributed by atoms with van der Waals surface area (Å²) in [6.45, 7) is 4.25. The number of carbonyl (C=O) groups is 2. The lowest BCUT2D eigenvalue weighted by molar-refractivity contribution is -0.128. The van der Waals surface area contributed by atoms with Crippen molar-refractivity contribution >= 4 is 11.8 Å². The zero-order valence-corrected chi connectivity index (χ0v) is 14.5. The Bertz CT molecular complexity index is 583. The minimum absolute atomic E-state index is 0.0103. The summed E-state index contributed by atoms with van der Waals surface area (Å²) < 4.78 is 1.78. The largest absolute Gasteiger partial charge is 0.356 e. The van der Waals surface area contributed by atoms with Gasteiger partial charge in [-0.15, -0.1) is 0 Å². The minimum Gasteiger partial charge on any atom is -0.356 e. The number of aromatic nitrogens is 2. The van der Waals surface area contributed by atoms with Gasteiger partial charge < -0.3 is 10.2 Å². The maximum Gasteiger partial charge on any atom is 0.274 e. The molecule has 0 bridgehead atoms. The molecular formula is C18H28N4O2. The zero-order valence-electron chi connectivity index (χ0n) is 14.5. The molecule has 3 rings (SSSR count). The lowest BCUT2D eigenvalue weighted by Gasteiger charge is -2.39. The predicted octanol–water partition coefficient (Wildman–Crippen LogP) is 2.20. The van der Waals surface area contributed by atoms with Crippen molar-refractivity contribution in [2.24, 2.45) is 5.92 Å². The Morgan fingerprint density at radius 1 is 1.25 bits per heavy atom. The van der Waals surface area contributed by atoms with E-state index in [1.807, 2.05) is 18.0 Å². The number of nitrogens with one attached hydrogen (secondary N) is 1. The zero-order chi connectivity index (χ0) is 16.9. The average Bonchev–Trinajstić information content (AvgIpc) is 3.09. The first kappa shape index (κ1) is 17.0. The highest BCUT2D eigenvalue weighted by atomic mass is 16.2. The Morgan fingerprint density at radius 2 is 2.08 bits per heavy atom. The molecule has 2 aliphatic rings. The molecule has 0 radical (unpaired) electrons. The van der Waals surface area contributed by atoms with Crippen LogP contribution < -0.4 is 5.32 Å². The van der Waals surface area contributed by atoms with E-state index in [-0.39, 0.29) is 23.8 Å². The minimum atomic E-state index is -0.0749. The van der Waals surface area contributed by atoms with Crippen molar-refractivity contribution < 1.29 is 9.59 Å². The summed E-state index contributed by atoms with van der Waals surface area (Å²) in [5.74, 6) is 0.0278. The molecule has 1 saturated carbocycles. The van der Waals surface area contributed by atoms with Crippen LogP contribution in [0.2, 0.25) is 0 Å². The van der Waals surface area contributed by atoms with Crippen molar-refractivity contribution in [1.82, 2.24) is 20.0 Å². The van der Waals surface area contributed by atoms with Crippen LogP contribution >= 0.6 is 0 Å². The summed E-state index contributed by atoms with van der Waals surface area (Å²) in [4.78, 5) is 27.6. The fraction of sp³-hybridized carbons (Fsp3) is 0.722. The van der Waals surface area contributed by atoms with E-state index in [2.05, 4.69) is 10.4 Å². The van der Waals surface area contributed by atoms with Gasteiger partial charge in [0.2, 0.25) is 5.91 Å². The highest BCUT2D eigenvalue weighted by molar-refractivity contribution is 5.93. The van der Waals surface area contributed by atoms with Crippen molar-refractivity contribution in [3.8, 4) is 0 Å². The fourth-order valence-electron chi connectivity index (χ4n) is 3.93. The lowest BCUT2D eigenvalue weighted by atomic mass is 9.82. The molecule has 1 aromatic heterocycles. The molecule has 6 heteroatoms. The third-order valence-electron chi connectivity index (χ3n) is 5.29. The van der Waals surface area contributed by atoms with E-state index >= 15 is 0 Å². The molecule has 0 spiro atoms. The van der Waals surface area contributed by atoms with Crippen LogP contribution in [0.1, 0.15) is 62.4 Å². The summed E-state index contributed by atoms with van der Waals surface area (Å²) in [6, 6.07) is 1.80. The maximum atomic E-state index is 13.1. The summed E-state index contributed by atoms with van der Waals surface area (Å²) in [5, 5.41) is 7.45. The number of rotatable bonds is 2. The molecule has 1 aliphatic heterocycles. The quantitative estimate of drug-likeness (QED) is 0.903. The molecule has 0 aromatic carbocycles. The molecular weight excluding hydrogens is 304 g/mol. The molecule has 1 saturated heterocycles. The van der Waals surface area contributed by atoms with Crippen molar-refractivity contribution in [2.75, 3.05) is 13.1 Å². The van der Waals surface area contributed by atoms with Gasteiger partial charge in [-0.1, -0.05) is 12.8 Å². The summed E-state index contributed by atoms with van der Waals surface area (Å²) >= 11 is 0. The molecule has 2 heterocycles. The van der Waals surface area contributed by atoms with Crippen LogP contribution in [0.4, 0.5) is 0 Å². The van der Waals surface area contributed by atoms with E-state index in [9.17, 15) is 9.59 Å². The Morgan fingerprint density at radius 3 is 2.88 bits per heavy atom. The van der Waals surface area contributed by atoms with E-state index in [1.165, 1.54) is 0 Å². The van der Waals surface area contributed by atoms with Gasteiger partial charge in [0.25, 0.3) is 5.91 Å². The highest BCUT2D eigenvalue weighted by Crippen LogP contribution is 2.30. The second-order valence-electron chi connectivity index (χ2n) is 6.87. The van der Waals surface area contributed by atoms with Crippen molar-refractivity contribution in [3.63, 3.8) is 0 Å². The SMILES string of the molecule is CCn1ccc(C(=O)N2CCCCCNC(=O)[C@@H]3CCCC[C@@H]32)n1. The van der Waals surface area contributed by atoms with Crippen LogP contribution in [0.3, 0.4) is 0 Å². The summed E-state index contributed by atoms with van der Waals surface area (Å²) in [6.07, 6.45) is 8.80. The summed E-state index contributed by atoms with van der Waals surface area (Å²) in [5.41, 5.74) is 0.499. The molecule has 24 heavy (non-hydrogen) atoms. The Hall–Kier alpha value is -1.85. The number of hydrogen-bond donors (Lipinski definition) is 1. The maximum absolute atomic E-state index is 13.1. The van der Waals surface area contributed by atoms with Gasteiger partial charge in [0.1, 0.15) is 5.69 Å². The Balaban J connectivity index is 1.85. The van der Waals surface area contributed by atoms with Gasteiger partial charge in [-0.25, -0.2) is 0 Å². The van der Waals surface area contributed by atoms with E-state index in [0.717, 1.165) is 64.6 Å². The van der Waals surface area contributed by atoms with Crippen molar-refractivity contribution in [2.45, 2.75) is 64.5 Å². The van der Waals surface area contributed by atoms with E-state index in [1.54, 1.807) is 10.7 Å². The second kappa shape index (κ2) is 7.81. The average molecular weight is 332 g/mol. The number of hydrogen-bond acceptors (Lipinski definition) is 3. The monoisotopic (exact) mass is 332 g/mol. The Kier molecular flexibility index (Phi) is 5.53. The molecule has 2 amide bonds. The van der Waals surface area contributed by atoms with Gasteiger partial charge in [-0.3, -0.25) is 14.3 Å². The fourth-order valence-corrected chi connectivity index (χ4v) is 3.93. The van der Waals surface area contributed by atoms with Crippen LogP contribution in [0.15, 0.2) is 12.3 Å². The van der Waals surface area contributed by atoms with E-state index in [0.29, 0.717) is 5.69 Å². The third kappa shape index (κ3) is 3.62. The first-order valence-corrected chi connectivity index (χ1v) is 9.33. The third-order valence-corrected chi connectivity index (χ3v) is 5.29. The molecule has 2 atom stereocenters. The number of nitrogens with zero attached hydrogens (tertiary/aromatic N) is 3. The number of aryl methyl sites for hydroxylation is 1. The number of carbonyl (C=O) groups excluding carboxylic acids is 2. The second-order valence-corrected chi connectivity index (χ2v) is 6.87. The molecule has 1 N–H and O–H groups in total. The Labute approximate surface area is 143 Å². The first-order valence-electron chi connectivity index (χ1n) is 9.33. The summed E-state index contributed by atoms with van der Waals surface area (Å²) in [7, 11) is 0. The predicted molar refractivity (Wildman–Crippen MR) is 91.5 cm³/mol. The smallest absolute Gasteiger partial charge is 0.274 e. The molecule has 1 aliphatic carbocycles. The van der Waals surface area contributed by atoms with Gasteiger partial charge >= 0.3 is 0 Å². The van der Waals surface area contributed by atoms with E-state index in [4.69, 9.17) is 0 Å². The van der Waals surface area contributed by atoms with Crippen LogP contribution in [-0.4, -0.2) is 45.6 Å². The van der Waals surface area contributed by atoms with Crippen LogP contribution in [0.25, 0.3) is 0 Å². The number of fused-ring (bicyclic) bond motifs is 1. The van der Waals surface area contributed by atoms with Gasteiger partial charge in [0.05, 0.1) is 5.92 Å². The topological polar surface area (TPSA) is 67.2 Å².